The summed E-state index contributed by atoms with van der Waals surface area (Å²) in [7, 11) is 0. The van der Waals surface area contributed by atoms with Gasteiger partial charge in [-0.3, -0.25) is 0 Å². The average molecular weight is 244 g/mol. The van der Waals surface area contributed by atoms with Crippen LogP contribution in [0, 0.1) is 5.41 Å². The summed E-state index contributed by atoms with van der Waals surface area (Å²) in [4.78, 5) is 2.61. The molecule has 0 saturated heterocycles. The van der Waals surface area contributed by atoms with Crippen molar-refractivity contribution in [1.82, 2.24) is 0 Å². The van der Waals surface area contributed by atoms with Gasteiger partial charge in [-0.15, -0.1) is 0 Å². The van der Waals surface area contributed by atoms with E-state index in [9.17, 15) is 0 Å². The van der Waals surface area contributed by atoms with Crippen molar-refractivity contribution in [3.8, 4) is 0 Å². The lowest BCUT2D eigenvalue weighted by molar-refractivity contribution is 0.152. The zero-order valence-electron chi connectivity index (χ0n) is 11.2. The first-order valence-electron chi connectivity index (χ1n) is 7.36. The summed E-state index contributed by atoms with van der Waals surface area (Å²) in [6.07, 6.45) is 7.89. The largest absolute Gasteiger partial charge is 0.371 e. The summed E-state index contributed by atoms with van der Waals surface area (Å²) < 4.78 is 0. The van der Waals surface area contributed by atoms with Crippen molar-refractivity contribution >= 4 is 5.69 Å². The summed E-state index contributed by atoms with van der Waals surface area (Å²) in [5.74, 6) is 0. The van der Waals surface area contributed by atoms with Gasteiger partial charge in [-0.1, -0.05) is 24.6 Å². The van der Waals surface area contributed by atoms with E-state index in [-0.39, 0.29) is 0 Å². The highest BCUT2D eigenvalue weighted by atomic mass is 15.1. The summed E-state index contributed by atoms with van der Waals surface area (Å²) in [5, 5.41) is 0. The summed E-state index contributed by atoms with van der Waals surface area (Å²) in [6, 6.07) is 8.94. The summed E-state index contributed by atoms with van der Waals surface area (Å²) >= 11 is 0. The summed E-state index contributed by atoms with van der Waals surface area (Å²) in [6.45, 7) is 3.23. The van der Waals surface area contributed by atoms with Crippen LogP contribution in [-0.2, 0) is 6.42 Å². The van der Waals surface area contributed by atoms with Crippen LogP contribution in [0.2, 0.25) is 0 Å². The molecule has 1 fully saturated rings. The Hall–Kier alpha value is -1.02. The molecule has 1 aliphatic heterocycles. The van der Waals surface area contributed by atoms with E-state index < -0.39 is 0 Å². The Kier molecular flexibility index (Phi) is 3.29. The smallest absolute Gasteiger partial charge is 0.0398 e. The maximum atomic E-state index is 6.02. The number of para-hydroxylation sites is 1. The number of anilines is 1. The quantitative estimate of drug-likeness (QED) is 0.885. The van der Waals surface area contributed by atoms with E-state index in [1.165, 1.54) is 62.9 Å². The fraction of sp³-hybridized carbons (Fsp3) is 0.625. The molecule has 3 rings (SSSR count). The molecule has 2 nitrogen and oxygen atoms in total. The number of nitrogens with two attached hydrogens (primary N) is 1. The monoisotopic (exact) mass is 244 g/mol. The van der Waals surface area contributed by atoms with Gasteiger partial charge in [0.15, 0.2) is 0 Å². The van der Waals surface area contributed by atoms with Crippen molar-refractivity contribution in [1.29, 1.82) is 0 Å². The Balaban J connectivity index is 1.83. The first-order chi connectivity index (χ1) is 8.83. The predicted molar refractivity (Wildman–Crippen MR) is 76.9 cm³/mol. The van der Waals surface area contributed by atoms with E-state index in [0.717, 1.165) is 6.54 Å². The molecule has 2 aliphatic rings. The number of aryl methyl sites for hydroxylation is 1. The van der Waals surface area contributed by atoms with Crippen LogP contribution in [-0.4, -0.2) is 19.6 Å². The van der Waals surface area contributed by atoms with Gasteiger partial charge < -0.3 is 10.6 Å². The van der Waals surface area contributed by atoms with Crippen molar-refractivity contribution in [2.45, 2.75) is 38.5 Å². The third-order valence-corrected chi connectivity index (χ3v) is 4.83. The van der Waals surface area contributed by atoms with Crippen molar-refractivity contribution in [2.24, 2.45) is 11.1 Å². The lowest BCUT2D eigenvalue weighted by atomic mass is 9.68. The number of fused-ring (bicyclic) bond motifs is 1. The Labute approximate surface area is 110 Å². The minimum atomic E-state index is 0.414. The lowest BCUT2D eigenvalue weighted by Gasteiger charge is -2.45. The SMILES string of the molecule is NCC1(CN2CCCCc3ccccc32)CCC1. The minimum Gasteiger partial charge on any atom is -0.371 e. The number of benzene rings is 1. The van der Waals surface area contributed by atoms with Crippen LogP contribution in [0.5, 0.6) is 0 Å². The second-order valence-corrected chi connectivity index (χ2v) is 6.07. The average Bonchev–Trinajstić information content (AvgIpc) is 2.56. The second-order valence-electron chi connectivity index (χ2n) is 6.07. The topological polar surface area (TPSA) is 29.3 Å². The van der Waals surface area contributed by atoms with Gasteiger partial charge >= 0.3 is 0 Å². The molecule has 1 aliphatic carbocycles. The Morgan fingerprint density at radius 1 is 1.11 bits per heavy atom. The molecular formula is C16H24N2. The maximum Gasteiger partial charge on any atom is 0.0398 e. The molecule has 2 N–H and O–H groups in total. The highest BCUT2D eigenvalue weighted by Crippen LogP contribution is 2.42. The van der Waals surface area contributed by atoms with E-state index >= 15 is 0 Å². The fourth-order valence-electron chi connectivity index (χ4n) is 3.44. The third-order valence-electron chi connectivity index (χ3n) is 4.83. The van der Waals surface area contributed by atoms with Gasteiger partial charge in [0.2, 0.25) is 0 Å². The van der Waals surface area contributed by atoms with Crippen LogP contribution < -0.4 is 10.6 Å². The van der Waals surface area contributed by atoms with E-state index in [4.69, 9.17) is 5.73 Å². The first-order valence-corrected chi connectivity index (χ1v) is 7.36. The predicted octanol–water partition coefficient (Wildman–Crippen LogP) is 2.96. The van der Waals surface area contributed by atoms with Crippen molar-refractivity contribution in [3.05, 3.63) is 29.8 Å². The van der Waals surface area contributed by atoms with Gasteiger partial charge in [-0.05, 0) is 50.3 Å². The van der Waals surface area contributed by atoms with Crippen molar-refractivity contribution in [3.63, 3.8) is 0 Å². The molecule has 2 heteroatoms. The molecule has 0 radical (unpaired) electrons. The van der Waals surface area contributed by atoms with Crippen molar-refractivity contribution < 1.29 is 0 Å². The maximum absolute atomic E-state index is 6.02. The fourth-order valence-corrected chi connectivity index (χ4v) is 3.44. The zero-order chi connectivity index (χ0) is 12.4. The van der Waals surface area contributed by atoms with Crippen LogP contribution in [0.3, 0.4) is 0 Å². The van der Waals surface area contributed by atoms with Gasteiger partial charge in [-0.2, -0.15) is 0 Å². The molecule has 0 amide bonds. The Bertz CT molecular complexity index is 404. The van der Waals surface area contributed by atoms with Crippen molar-refractivity contribution in [2.75, 3.05) is 24.5 Å². The van der Waals surface area contributed by atoms with Crippen LogP contribution in [0.15, 0.2) is 24.3 Å². The highest BCUT2D eigenvalue weighted by molar-refractivity contribution is 5.54. The van der Waals surface area contributed by atoms with Gasteiger partial charge in [-0.25, -0.2) is 0 Å². The molecular weight excluding hydrogens is 220 g/mol. The molecule has 1 heterocycles. The second kappa shape index (κ2) is 4.93. The molecule has 18 heavy (non-hydrogen) atoms. The molecule has 0 spiro atoms. The standard InChI is InChI=1S/C16H24N2/c17-12-16(9-5-10-16)13-18-11-4-3-7-14-6-1-2-8-15(14)18/h1-2,6,8H,3-5,7,9-13,17H2. The lowest BCUT2D eigenvalue weighted by Crippen LogP contribution is -2.47. The Morgan fingerprint density at radius 2 is 1.94 bits per heavy atom. The Morgan fingerprint density at radius 3 is 2.67 bits per heavy atom. The van der Waals surface area contributed by atoms with Crippen LogP contribution >= 0.6 is 0 Å². The van der Waals surface area contributed by atoms with Gasteiger partial charge in [0, 0.05) is 24.2 Å². The number of hydrogen-bond donors (Lipinski definition) is 1. The normalized spacial score (nSPS) is 21.9. The molecule has 0 unspecified atom stereocenters. The molecule has 1 aromatic rings. The zero-order valence-corrected chi connectivity index (χ0v) is 11.2. The van der Waals surface area contributed by atoms with E-state index in [1.807, 2.05) is 0 Å². The molecule has 0 bridgehead atoms. The number of nitrogens with zero attached hydrogens (tertiary/aromatic N) is 1. The molecule has 98 valence electrons. The molecule has 1 saturated carbocycles. The van der Waals surface area contributed by atoms with E-state index in [1.54, 1.807) is 0 Å². The van der Waals surface area contributed by atoms with Gasteiger partial charge in [0.25, 0.3) is 0 Å². The number of hydrogen-bond acceptors (Lipinski definition) is 2. The van der Waals surface area contributed by atoms with Gasteiger partial charge in [0.1, 0.15) is 0 Å². The number of rotatable bonds is 3. The van der Waals surface area contributed by atoms with E-state index in [2.05, 4.69) is 29.2 Å². The van der Waals surface area contributed by atoms with Crippen LogP contribution in [0.1, 0.15) is 37.7 Å². The third kappa shape index (κ3) is 2.14. The molecule has 1 aromatic carbocycles. The van der Waals surface area contributed by atoms with E-state index in [0.29, 0.717) is 5.41 Å². The first kappa shape index (κ1) is 12.0. The van der Waals surface area contributed by atoms with Crippen LogP contribution in [0.25, 0.3) is 0 Å². The minimum absolute atomic E-state index is 0.414. The van der Waals surface area contributed by atoms with Gasteiger partial charge in [0.05, 0.1) is 0 Å². The molecule has 0 aromatic heterocycles. The van der Waals surface area contributed by atoms with Crippen LogP contribution in [0.4, 0.5) is 5.69 Å². The highest BCUT2D eigenvalue weighted by Gasteiger charge is 2.37. The molecule has 0 atom stereocenters. The summed E-state index contributed by atoms with van der Waals surface area (Å²) in [5.41, 5.74) is 9.43.